The number of nitrogens with zero attached hydrogens (tertiary/aromatic N) is 1. The molecule has 0 saturated carbocycles. The first-order chi connectivity index (χ1) is 23.1. The van der Waals surface area contributed by atoms with Crippen molar-refractivity contribution in [1.82, 2.24) is 0 Å². The van der Waals surface area contributed by atoms with Crippen molar-refractivity contribution in [2.24, 2.45) is 4.99 Å². The predicted octanol–water partition coefficient (Wildman–Crippen LogP) is 12.9. The van der Waals surface area contributed by atoms with Gasteiger partial charge in [-0.05, 0) is 101 Å². The van der Waals surface area contributed by atoms with Crippen molar-refractivity contribution >= 4 is 18.3 Å². The lowest BCUT2D eigenvalue weighted by molar-refractivity contribution is -0.121. The third-order valence-corrected chi connectivity index (χ3v) is 8.66. The Labute approximate surface area is 300 Å². The van der Waals surface area contributed by atoms with Gasteiger partial charge in [0.2, 0.25) is 0 Å². The van der Waals surface area contributed by atoms with E-state index in [0.29, 0.717) is 19.3 Å². The lowest BCUT2D eigenvalue weighted by atomic mass is 9.68. The van der Waals surface area contributed by atoms with E-state index in [9.17, 15) is 9.59 Å². The first-order valence-corrected chi connectivity index (χ1v) is 17.7. The summed E-state index contributed by atoms with van der Waals surface area (Å²) in [7, 11) is 0. The molecule has 0 aliphatic heterocycles. The van der Waals surface area contributed by atoms with E-state index < -0.39 is 5.41 Å². The highest BCUT2D eigenvalue weighted by Gasteiger charge is 2.39. The van der Waals surface area contributed by atoms with Gasteiger partial charge in [-0.2, -0.15) is 0 Å². The molecule has 266 valence electrons. The van der Waals surface area contributed by atoms with E-state index >= 15 is 0 Å². The third kappa shape index (κ3) is 13.0. The van der Waals surface area contributed by atoms with Gasteiger partial charge in [-0.1, -0.05) is 131 Å². The van der Waals surface area contributed by atoms with Crippen LogP contribution in [0.3, 0.4) is 0 Å². The molecule has 0 atom stereocenters. The molecule has 0 aromatic heterocycles. The zero-order chi connectivity index (χ0) is 37.9. The van der Waals surface area contributed by atoms with E-state index in [2.05, 4.69) is 154 Å². The molecule has 0 fully saturated rings. The molecule has 0 aliphatic carbocycles. The van der Waals surface area contributed by atoms with Crippen LogP contribution in [0.1, 0.15) is 139 Å². The monoisotopic (exact) mass is 664 g/mol. The van der Waals surface area contributed by atoms with Crippen molar-refractivity contribution < 1.29 is 9.59 Å². The summed E-state index contributed by atoms with van der Waals surface area (Å²) in [6, 6.07) is 22.9. The standard InChI is InChI=1S/C21H31NO.C21H24O.C2H6.C2H4/c1-8-15(3)19(22-7)12-13-20(23)17-14-16(9-2)10-11-18(17)21(4,5)6;1-15(2)14-21(18(5)22,19-10-6-16(3)7-11-19)20-12-8-17(4)9-13-20;2*1-2/h10-11,14H,7-9,12-13H2,1-6H3;6-13H,1,14H2,2-5H3;1-2H3;1-2H2/b19-15+;;;. The largest absolute Gasteiger partial charge is 0.299 e. The Morgan fingerprint density at radius 2 is 1.22 bits per heavy atom. The number of allylic oxidation sites excluding steroid dienone is 3. The fourth-order valence-electron chi connectivity index (χ4n) is 5.72. The molecule has 0 amide bonds. The van der Waals surface area contributed by atoms with E-state index in [1.165, 1.54) is 22.3 Å². The summed E-state index contributed by atoms with van der Waals surface area (Å²) in [6.07, 6.45) is 3.68. The zero-order valence-corrected chi connectivity index (χ0v) is 33.0. The summed E-state index contributed by atoms with van der Waals surface area (Å²) < 4.78 is 0. The minimum absolute atomic E-state index is 0.0358. The molecule has 3 rings (SSSR count). The van der Waals surface area contributed by atoms with Crippen molar-refractivity contribution in [1.29, 1.82) is 0 Å². The zero-order valence-electron chi connectivity index (χ0n) is 33.0. The van der Waals surface area contributed by atoms with Crippen LogP contribution in [-0.2, 0) is 22.0 Å². The molecule has 0 N–H and O–H groups in total. The normalized spacial score (nSPS) is 11.3. The van der Waals surface area contributed by atoms with E-state index in [4.69, 9.17) is 0 Å². The Bertz CT molecular complexity index is 1480. The topological polar surface area (TPSA) is 46.5 Å². The number of hydrogen-bond donors (Lipinski definition) is 0. The Balaban J connectivity index is 0.000000854. The molecule has 3 aromatic carbocycles. The van der Waals surface area contributed by atoms with Crippen molar-refractivity contribution in [3.63, 3.8) is 0 Å². The van der Waals surface area contributed by atoms with Crippen LogP contribution in [0.25, 0.3) is 0 Å². The quantitative estimate of drug-likeness (QED) is 0.110. The molecule has 0 bridgehead atoms. The molecular weight excluding hydrogens is 599 g/mol. The number of Topliss-reactive ketones (excluding diaryl/α,β-unsaturated/α-hetero) is 2. The molecule has 0 radical (unpaired) electrons. The highest BCUT2D eigenvalue weighted by Crippen LogP contribution is 2.39. The van der Waals surface area contributed by atoms with Gasteiger partial charge in [-0.3, -0.25) is 14.6 Å². The van der Waals surface area contributed by atoms with E-state index in [1.807, 2.05) is 20.8 Å². The van der Waals surface area contributed by atoms with Gasteiger partial charge in [0.1, 0.15) is 5.78 Å². The Kier molecular flexibility index (Phi) is 19.9. The Hall–Kier alpha value is -4.11. The van der Waals surface area contributed by atoms with E-state index in [1.54, 1.807) is 6.92 Å². The summed E-state index contributed by atoms with van der Waals surface area (Å²) in [5, 5.41) is 0. The molecular formula is C46H65NO2. The number of carbonyl (C=O) groups is 2. The second-order valence-electron chi connectivity index (χ2n) is 13.5. The van der Waals surface area contributed by atoms with Crippen LogP contribution >= 0.6 is 0 Å². The molecule has 0 heterocycles. The number of ketones is 2. The number of benzene rings is 3. The molecule has 49 heavy (non-hydrogen) atoms. The smallest absolute Gasteiger partial charge is 0.163 e. The first-order valence-electron chi connectivity index (χ1n) is 17.7. The maximum absolute atomic E-state index is 12.8. The maximum atomic E-state index is 12.8. The van der Waals surface area contributed by atoms with Crippen LogP contribution in [0.5, 0.6) is 0 Å². The predicted molar refractivity (Wildman–Crippen MR) is 216 cm³/mol. The minimum Gasteiger partial charge on any atom is -0.299 e. The van der Waals surface area contributed by atoms with Gasteiger partial charge < -0.3 is 0 Å². The third-order valence-electron chi connectivity index (χ3n) is 8.66. The summed E-state index contributed by atoms with van der Waals surface area (Å²) in [4.78, 5) is 29.7. The number of aryl methyl sites for hydroxylation is 3. The van der Waals surface area contributed by atoms with Crippen molar-refractivity contribution in [3.8, 4) is 0 Å². The minimum atomic E-state index is -0.646. The van der Waals surface area contributed by atoms with Gasteiger partial charge in [0, 0.05) is 17.7 Å². The fraction of sp³-hybridized carbons (Fsp3) is 0.413. The van der Waals surface area contributed by atoms with Crippen LogP contribution < -0.4 is 0 Å². The van der Waals surface area contributed by atoms with Crippen LogP contribution in [0.4, 0.5) is 0 Å². The highest BCUT2D eigenvalue weighted by atomic mass is 16.1. The molecule has 3 aromatic rings. The summed E-state index contributed by atoms with van der Waals surface area (Å²) in [5.74, 6) is 0.360. The second-order valence-corrected chi connectivity index (χ2v) is 13.5. The number of carbonyl (C=O) groups excluding carboxylic acids is 2. The average Bonchev–Trinajstić information content (AvgIpc) is 3.09. The number of hydrogen-bond acceptors (Lipinski definition) is 3. The second kappa shape index (κ2) is 21.8. The summed E-state index contributed by atoms with van der Waals surface area (Å²) in [5.41, 5.74) is 10.2. The number of rotatable bonds is 12. The number of aliphatic imine (C=N–C) groups is 1. The first kappa shape index (κ1) is 44.9. The Morgan fingerprint density at radius 1 is 0.755 bits per heavy atom. The average molecular weight is 664 g/mol. The lowest BCUT2D eigenvalue weighted by Crippen LogP contribution is -2.36. The molecule has 0 unspecified atom stereocenters. The van der Waals surface area contributed by atoms with Gasteiger partial charge in [-0.15, -0.1) is 19.7 Å². The van der Waals surface area contributed by atoms with Crippen LogP contribution in [0, 0.1) is 13.8 Å². The van der Waals surface area contributed by atoms with E-state index in [0.717, 1.165) is 46.4 Å². The van der Waals surface area contributed by atoms with Crippen molar-refractivity contribution in [2.75, 3.05) is 0 Å². The molecule has 3 nitrogen and oxygen atoms in total. The van der Waals surface area contributed by atoms with E-state index in [-0.39, 0.29) is 17.0 Å². The fourth-order valence-corrected chi connectivity index (χ4v) is 5.72. The molecule has 0 aliphatic rings. The van der Waals surface area contributed by atoms with Gasteiger partial charge in [0.25, 0.3) is 0 Å². The maximum Gasteiger partial charge on any atom is 0.163 e. The summed E-state index contributed by atoms with van der Waals surface area (Å²) >= 11 is 0. The van der Waals surface area contributed by atoms with Gasteiger partial charge >= 0.3 is 0 Å². The Morgan fingerprint density at radius 3 is 1.57 bits per heavy atom. The van der Waals surface area contributed by atoms with Crippen molar-refractivity contribution in [2.45, 2.75) is 126 Å². The lowest BCUT2D eigenvalue weighted by Gasteiger charge is -2.33. The van der Waals surface area contributed by atoms with Gasteiger partial charge in [0.05, 0.1) is 5.41 Å². The SMILES string of the molecule is C=C.C=C(C)CC(C(C)=O)(c1ccc(C)cc1)c1ccc(C)cc1.C=N/C(CCC(=O)c1cc(CC)ccc1C(C)(C)C)=C(\C)CC.CC. The summed E-state index contributed by atoms with van der Waals surface area (Å²) in [6.45, 7) is 38.2. The highest BCUT2D eigenvalue weighted by molar-refractivity contribution is 5.98. The van der Waals surface area contributed by atoms with Crippen LogP contribution in [-0.4, -0.2) is 18.3 Å². The van der Waals surface area contributed by atoms with Crippen molar-refractivity contribution in [3.05, 3.63) is 142 Å². The van der Waals surface area contributed by atoms with Crippen LogP contribution in [0.15, 0.2) is 108 Å². The van der Waals surface area contributed by atoms with Crippen LogP contribution in [0.2, 0.25) is 0 Å². The molecule has 0 saturated heterocycles. The molecule has 3 heteroatoms. The van der Waals surface area contributed by atoms with Gasteiger partial charge in [-0.25, -0.2) is 0 Å². The van der Waals surface area contributed by atoms with Gasteiger partial charge in [0.15, 0.2) is 5.78 Å². The molecule has 0 spiro atoms.